The lowest BCUT2D eigenvalue weighted by Gasteiger charge is -2.12. The Morgan fingerprint density at radius 1 is 1.16 bits per heavy atom. The molecule has 3 nitrogen and oxygen atoms in total. The number of aryl methyl sites for hydroxylation is 1. The van der Waals surface area contributed by atoms with Crippen LogP contribution in [0.5, 0.6) is 0 Å². The Bertz CT molecular complexity index is 528. The zero-order chi connectivity index (χ0) is 13.8. The minimum atomic E-state index is 0.122. The molecule has 0 saturated heterocycles. The molecule has 0 radical (unpaired) electrons. The smallest absolute Gasteiger partial charge is 0.0640 e. The second kappa shape index (κ2) is 6.02. The van der Waals surface area contributed by atoms with Crippen LogP contribution in [-0.4, -0.2) is 15.8 Å². The third kappa shape index (κ3) is 3.67. The Labute approximate surface area is 115 Å². The van der Waals surface area contributed by atoms with E-state index in [4.69, 9.17) is 5.73 Å². The van der Waals surface area contributed by atoms with Crippen molar-refractivity contribution < 1.29 is 0 Å². The molecule has 0 saturated carbocycles. The van der Waals surface area contributed by atoms with Gasteiger partial charge in [-0.15, -0.1) is 0 Å². The summed E-state index contributed by atoms with van der Waals surface area (Å²) in [5.41, 5.74) is 9.96. The minimum absolute atomic E-state index is 0.122. The molecule has 1 aromatic carbocycles. The highest BCUT2D eigenvalue weighted by atomic mass is 15.3. The lowest BCUT2D eigenvalue weighted by molar-refractivity contribution is 0.521. The second-order valence-electron chi connectivity index (χ2n) is 5.48. The molecule has 2 rings (SSSR count). The molecule has 0 fully saturated rings. The Hall–Kier alpha value is -1.61. The van der Waals surface area contributed by atoms with Crippen LogP contribution in [-0.2, 0) is 12.8 Å². The summed E-state index contributed by atoms with van der Waals surface area (Å²) in [6.45, 7) is 6.39. The molecule has 1 aromatic heterocycles. The molecule has 102 valence electrons. The first-order valence-electron chi connectivity index (χ1n) is 6.90. The fraction of sp³-hybridized carbons (Fsp3) is 0.438. The van der Waals surface area contributed by atoms with Crippen LogP contribution in [0.25, 0.3) is 0 Å². The van der Waals surface area contributed by atoms with Gasteiger partial charge in [0.25, 0.3) is 0 Å². The van der Waals surface area contributed by atoms with Crippen molar-refractivity contribution in [3.05, 3.63) is 53.3 Å². The molecule has 2 aromatic rings. The van der Waals surface area contributed by atoms with Gasteiger partial charge in [-0.25, -0.2) is 0 Å². The van der Waals surface area contributed by atoms with E-state index in [2.05, 4.69) is 56.2 Å². The summed E-state index contributed by atoms with van der Waals surface area (Å²) in [5, 5.41) is 4.55. The van der Waals surface area contributed by atoms with Crippen molar-refractivity contribution in [2.24, 2.45) is 5.73 Å². The summed E-state index contributed by atoms with van der Waals surface area (Å²) in [7, 11) is 0. The van der Waals surface area contributed by atoms with Gasteiger partial charge in [-0.2, -0.15) is 5.10 Å². The predicted octanol–water partition coefficient (Wildman–Crippen LogP) is 2.88. The quantitative estimate of drug-likeness (QED) is 0.895. The van der Waals surface area contributed by atoms with E-state index in [9.17, 15) is 0 Å². The van der Waals surface area contributed by atoms with Crippen molar-refractivity contribution in [1.29, 1.82) is 0 Å². The van der Waals surface area contributed by atoms with Gasteiger partial charge in [-0.3, -0.25) is 4.68 Å². The first-order valence-corrected chi connectivity index (χ1v) is 6.90. The highest BCUT2D eigenvalue weighted by molar-refractivity contribution is 5.26. The number of nitrogens with zero attached hydrogens (tertiary/aromatic N) is 2. The third-order valence-corrected chi connectivity index (χ3v) is 3.41. The van der Waals surface area contributed by atoms with Crippen molar-refractivity contribution in [3.63, 3.8) is 0 Å². The Morgan fingerprint density at radius 3 is 2.53 bits per heavy atom. The van der Waals surface area contributed by atoms with Gasteiger partial charge in [0, 0.05) is 24.7 Å². The molecule has 0 spiro atoms. The largest absolute Gasteiger partial charge is 0.327 e. The van der Waals surface area contributed by atoms with E-state index < -0.39 is 0 Å². The van der Waals surface area contributed by atoms with E-state index in [1.807, 2.05) is 10.9 Å². The van der Waals surface area contributed by atoms with Crippen molar-refractivity contribution in [1.82, 2.24) is 9.78 Å². The number of nitrogens with two attached hydrogens (primary N) is 1. The van der Waals surface area contributed by atoms with Gasteiger partial charge >= 0.3 is 0 Å². The van der Waals surface area contributed by atoms with E-state index in [0.717, 1.165) is 18.5 Å². The first kappa shape index (κ1) is 13.8. The summed E-state index contributed by atoms with van der Waals surface area (Å²) in [6, 6.07) is 11.0. The average molecular weight is 257 g/mol. The number of benzene rings is 1. The summed E-state index contributed by atoms with van der Waals surface area (Å²) in [4.78, 5) is 0. The molecule has 3 heteroatoms. The van der Waals surface area contributed by atoms with E-state index in [1.54, 1.807) is 0 Å². The SMILES string of the molecule is Cc1ccccc1CC(N)Cc1ccn(C(C)C)n1. The highest BCUT2D eigenvalue weighted by Crippen LogP contribution is 2.12. The minimum Gasteiger partial charge on any atom is -0.327 e. The Kier molecular flexibility index (Phi) is 4.38. The van der Waals surface area contributed by atoms with Gasteiger partial charge in [0.05, 0.1) is 5.69 Å². The van der Waals surface area contributed by atoms with Crippen LogP contribution >= 0.6 is 0 Å². The lowest BCUT2D eigenvalue weighted by Crippen LogP contribution is -2.26. The predicted molar refractivity (Wildman–Crippen MR) is 79.2 cm³/mol. The van der Waals surface area contributed by atoms with Crippen molar-refractivity contribution in [2.75, 3.05) is 0 Å². The first-order chi connectivity index (χ1) is 9.06. The van der Waals surface area contributed by atoms with Crippen LogP contribution in [0.4, 0.5) is 0 Å². The van der Waals surface area contributed by atoms with E-state index in [0.29, 0.717) is 6.04 Å². The third-order valence-electron chi connectivity index (χ3n) is 3.41. The van der Waals surface area contributed by atoms with Crippen LogP contribution in [0.2, 0.25) is 0 Å². The van der Waals surface area contributed by atoms with E-state index in [1.165, 1.54) is 11.1 Å². The van der Waals surface area contributed by atoms with E-state index in [-0.39, 0.29) is 6.04 Å². The fourth-order valence-electron chi connectivity index (χ4n) is 2.24. The molecule has 0 aliphatic heterocycles. The summed E-state index contributed by atoms with van der Waals surface area (Å²) >= 11 is 0. The molecule has 19 heavy (non-hydrogen) atoms. The topological polar surface area (TPSA) is 43.8 Å². The lowest BCUT2D eigenvalue weighted by atomic mass is 9.99. The number of hydrogen-bond acceptors (Lipinski definition) is 2. The fourth-order valence-corrected chi connectivity index (χ4v) is 2.24. The molecule has 0 aliphatic carbocycles. The number of rotatable bonds is 5. The maximum atomic E-state index is 6.24. The van der Waals surface area contributed by atoms with Gasteiger partial charge in [0.2, 0.25) is 0 Å². The molecular formula is C16H23N3. The maximum absolute atomic E-state index is 6.24. The van der Waals surface area contributed by atoms with Crippen molar-refractivity contribution in [2.45, 2.75) is 45.7 Å². The Morgan fingerprint density at radius 2 is 1.89 bits per heavy atom. The Balaban J connectivity index is 1.97. The molecule has 0 aliphatic rings. The van der Waals surface area contributed by atoms with Gasteiger partial charge < -0.3 is 5.73 Å². The average Bonchev–Trinajstić information content (AvgIpc) is 2.80. The molecule has 1 unspecified atom stereocenters. The second-order valence-corrected chi connectivity index (χ2v) is 5.48. The molecule has 1 atom stereocenters. The van der Waals surface area contributed by atoms with Gasteiger partial charge in [0.1, 0.15) is 0 Å². The van der Waals surface area contributed by atoms with Crippen LogP contribution in [0.15, 0.2) is 36.5 Å². The molecule has 0 bridgehead atoms. The molecule has 0 amide bonds. The molecule has 2 N–H and O–H groups in total. The molecule has 1 heterocycles. The van der Waals surface area contributed by atoms with Gasteiger partial charge in [0.15, 0.2) is 0 Å². The maximum Gasteiger partial charge on any atom is 0.0640 e. The summed E-state index contributed by atoms with van der Waals surface area (Å²) in [6.07, 6.45) is 3.76. The van der Waals surface area contributed by atoms with Crippen LogP contribution in [0, 0.1) is 6.92 Å². The molecular weight excluding hydrogens is 234 g/mol. The zero-order valence-electron chi connectivity index (χ0n) is 12.0. The number of aromatic nitrogens is 2. The highest BCUT2D eigenvalue weighted by Gasteiger charge is 2.10. The number of hydrogen-bond donors (Lipinski definition) is 1. The van der Waals surface area contributed by atoms with Crippen LogP contribution in [0.1, 0.15) is 36.7 Å². The zero-order valence-corrected chi connectivity index (χ0v) is 12.0. The standard InChI is InChI=1S/C16H23N3/c1-12(2)19-9-8-16(18-19)11-15(17)10-14-7-5-4-6-13(14)3/h4-9,12,15H,10-11,17H2,1-3H3. The van der Waals surface area contributed by atoms with Crippen LogP contribution < -0.4 is 5.73 Å². The van der Waals surface area contributed by atoms with Gasteiger partial charge in [-0.1, -0.05) is 24.3 Å². The van der Waals surface area contributed by atoms with E-state index >= 15 is 0 Å². The van der Waals surface area contributed by atoms with Gasteiger partial charge in [-0.05, 0) is 44.4 Å². The van der Waals surface area contributed by atoms with Crippen LogP contribution in [0.3, 0.4) is 0 Å². The van der Waals surface area contributed by atoms with Crippen molar-refractivity contribution in [3.8, 4) is 0 Å². The summed E-state index contributed by atoms with van der Waals surface area (Å²) < 4.78 is 1.98. The summed E-state index contributed by atoms with van der Waals surface area (Å²) in [5.74, 6) is 0. The normalized spacial score (nSPS) is 12.9. The monoisotopic (exact) mass is 257 g/mol. The van der Waals surface area contributed by atoms with Crippen molar-refractivity contribution >= 4 is 0 Å².